The van der Waals surface area contributed by atoms with Gasteiger partial charge in [-0.05, 0) is 12.8 Å². The standard InChI is InChI=1S/C21H44O2/c1-3-5-7-9-10-11-12-13-15-17-19-23-21(20-22)18-16-14-8-6-4-2/h21-22H,3-20H2,1-2H3. The van der Waals surface area contributed by atoms with Crippen molar-refractivity contribution in [3.8, 4) is 0 Å². The normalized spacial score (nSPS) is 12.7. The van der Waals surface area contributed by atoms with E-state index >= 15 is 0 Å². The highest BCUT2D eigenvalue weighted by molar-refractivity contribution is 4.57. The molecule has 0 aliphatic heterocycles. The molecule has 1 atom stereocenters. The van der Waals surface area contributed by atoms with Gasteiger partial charge in [-0.25, -0.2) is 0 Å². The van der Waals surface area contributed by atoms with Gasteiger partial charge in [0.15, 0.2) is 0 Å². The summed E-state index contributed by atoms with van der Waals surface area (Å²) >= 11 is 0. The Kier molecular flexibility index (Phi) is 19.9. The van der Waals surface area contributed by atoms with Crippen LogP contribution in [0.5, 0.6) is 0 Å². The molecule has 1 N–H and O–H groups in total. The Balaban J connectivity index is 3.24. The van der Waals surface area contributed by atoms with E-state index in [1.807, 2.05) is 0 Å². The second kappa shape index (κ2) is 20.0. The molecule has 0 bridgehead atoms. The zero-order valence-electron chi connectivity index (χ0n) is 16.2. The molecule has 0 radical (unpaired) electrons. The van der Waals surface area contributed by atoms with Crippen molar-refractivity contribution in [2.45, 2.75) is 123 Å². The van der Waals surface area contributed by atoms with E-state index < -0.39 is 0 Å². The van der Waals surface area contributed by atoms with Crippen molar-refractivity contribution in [3.63, 3.8) is 0 Å². The van der Waals surface area contributed by atoms with Gasteiger partial charge in [-0.2, -0.15) is 0 Å². The summed E-state index contributed by atoms with van der Waals surface area (Å²) in [5.74, 6) is 0. The van der Waals surface area contributed by atoms with Crippen molar-refractivity contribution in [2.75, 3.05) is 13.2 Å². The SMILES string of the molecule is CCCCCCCCCCCCOC(CO)CCCCCCC. The van der Waals surface area contributed by atoms with Gasteiger partial charge in [0.05, 0.1) is 12.7 Å². The average molecular weight is 329 g/mol. The quantitative estimate of drug-likeness (QED) is 0.269. The largest absolute Gasteiger partial charge is 0.394 e. The van der Waals surface area contributed by atoms with Crippen LogP contribution in [0.4, 0.5) is 0 Å². The topological polar surface area (TPSA) is 29.5 Å². The number of unbranched alkanes of at least 4 members (excludes halogenated alkanes) is 13. The van der Waals surface area contributed by atoms with Crippen LogP contribution in [-0.2, 0) is 4.74 Å². The molecule has 2 heteroatoms. The molecule has 0 saturated heterocycles. The van der Waals surface area contributed by atoms with Gasteiger partial charge < -0.3 is 9.84 Å². The predicted molar refractivity (Wildman–Crippen MR) is 102 cm³/mol. The van der Waals surface area contributed by atoms with Gasteiger partial charge in [-0.15, -0.1) is 0 Å². The minimum absolute atomic E-state index is 0.0789. The van der Waals surface area contributed by atoms with Gasteiger partial charge in [0.25, 0.3) is 0 Å². The first kappa shape index (κ1) is 22.9. The number of aliphatic hydroxyl groups excluding tert-OH is 1. The second-order valence-corrected chi connectivity index (χ2v) is 7.06. The van der Waals surface area contributed by atoms with E-state index in [9.17, 15) is 5.11 Å². The van der Waals surface area contributed by atoms with Crippen LogP contribution in [0.15, 0.2) is 0 Å². The van der Waals surface area contributed by atoms with E-state index in [4.69, 9.17) is 4.74 Å². The van der Waals surface area contributed by atoms with Gasteiger partial charge in [-0.3, -0.25) is 0 Å². The molecule has 140 valence electrons. The van der Waals surface area contributed by atoms with E-state index in [1.165, 1.54) is 89.9 Å². The summed E-state index contributed by atoms with van der Waals surface area (Å²) in [4.78, 5) is 0. The van der Waals surface area contributed by atoms with Crippen LogP contribution >= 0.6 is 0 Å². The third-order valence-corrected chi connectivity index (χ3v) is 4.68. The van der Waals surface area contributed by atoms with Crippen molar-refractivity contribution in [1.82, 2.24) is 0 Å². The van der Waals surface area contributed by atoms with Crippen molar-refractivity contribution in [2.24, 2.45) is 0 Å². The van der Waals surface area contributed by atoms with Crippen LogP contribution in [0, 0.1) is 0 Å². The summed E-state index contributed by atoms with van der Waals surface area (Å²) < 4.78 is 5.82. The summed E-state index contributed by atoms with van der Waals surface area (Å²) in [6.45, 7) is 5.53. The molecule has 0 aromatic carbocycles. The van der Waals surface area contributed by atoms with Crippen LogP contribution in [-0.4, -0.2) is 24.4 Å². The monoisotopic (exact) mass is 328 g/mol. The first-order valence-corrected chi connectivity index (χ1v) is 10.6. The first-order valence-electron chi connectivity index (χ1n) is 10.6. The summed E-state index contributed by atoms with van der Waals surface area (Å²) in [5, 5.41) is 9.37. The van der Waals surface area contributed by atoms with Gasteiger partial charge in [0.2, 0.25) is 0 Å². The molecule has 0 aromatic heterocycles. The van der Waals surface area contributed by atoms with Crippen LogP contribution in [0.1, 0.15) is 117 Å². The number of hydrogen-bond acceptors (Lipinski definition) is 2. The van der Waals surface area contributed by atoms with Gasteiger partial charge in [-0.1, -0.05) is 104 Å². The number of rotatable bonds is 19. The van der Waals surface area contributed by atoms with Gasteiger partial charge in [0.1, 0.15) is 0 Å². The van der Waals surface area contributed by atoms with E-state index in [-0.39, 0.29) is 12.7 Å². The second-order valence-electron chi connectivity index (χ2n) is 7.06. The molecule has 0 aliphatic rings. The molecule has 0 aliphatic carbocycles. The van der Waals surface area contributed by atoms with E-state index in [0.717, 1.165) is 19.4 Å². The lowest BCUT2D eigenvalue weighted by Crippen LogP contribution is -2.18. The molecule has 0 amide bonds. The molecule has 0 fully saturated rings. The minimum atomic E-state index is 0.0789. The third kappa shape index (κ3) is 18.1. The van der Waals surface area contributed by atoms with Gasteiger partial charge in [0, 0.05) is 6.61 Å². The Hall–Kier alpha value is -0.0800. The van der Waals surface area contributed by atoms with Crippen molar-refractivity contribution >= 4 is 0 Å². The smallest absolute Gasteiger partial charge is 0.0805 e. The number of hydrogen-bond donors (Lipinski definition) is 1. The molecule has 0 saturated carbocycles. The molecule has 2 nitrogen and oxygen atoms in total. The van der Waals surface area contributed by atoms with Crippen LogP contribution in [0.3, 0.4) is 0 Å². The molecule has 0 aromatic rings. The Labute approximate surface area is 146 Å². The van der Waals surface area contributed by atoms with E-state index in [0.29, 0.717) is 0 Å². The molecular formula is C21H44O2. The van der Waals surface area contributed by atoms with Crippen LogP contribution in [0.2, 0.25) is 0 Å². The minimum Gasteiger partial charge on any atom is -0.394 e. The molecule has 1 unspecified atom stereocenters. The maximum atomic E-state index is 9.37. The lowest BCUT2D eigenvalue weighted by Gasteiger charge is -2.15. The summed E-state index contributed by atoms with van der Waals surface area (Å²) in [6, 6.07) is 0. The lowest BCUT2D eigenvalue weighted by atomic mass is 10.1. The zero-order chi connectivity index (χ0) is 17.0. The Morgan fingerprint density at radius 2 is 1.04 bits per heavy atom. The van der Waals surface area contributed by atoms with Crippen LogP contribution < -0.4 is 0 Å². The predicted octanol–water partition coefficient (Wildman–Crippen LogP) is 6.65. The molecule has 23 heavy (non-hydrogen) atoms. The number of ether oxygens (including phenoxy) is 1. The summed E-state index contributed by atoms with van der Waals surface area (Å²) in [7, 11) is 0. The molecule has 0 heterocycles. The third-order valence-electron chi connectivity index (χ3n) is 4.68. The van der Waals surface area contributed by atoms with Crippen molar-refractivity contribution in [1.29, 1.82) is 0 Å². The lowest BCUT2D eigenvalue weighted by molar-refractivity contribution is 0.00498. The summed E-state index contributed by atoms with van der Waals surface area (Å²) in [6.07, 6.45) is 21.1. The maximum absolute atomic E-state index is 9.37. The fraction of sp³-hybridized carbons (Fsp3) is 1.00. The number of aliphatic hydroxyl groups is 1. The fourth-order valence-electron chi connectivity index (χ4n) is 3.04. The maximum Gasteiger partial charge on any atom is 0.0805 e. The highest BCUT2D eigenvalue weighted by Gasteiger charge is 2.06. The van der Waals surface area contributed by atoms with E-state index in [2.05, 4.69) is 13.8 Å². The van der Waals surface area contributed by atoms with Crippen LogP contribution in [0.25, 0.3) is 0 Å². The highest BCUT2D eigenvalue weighted by atomic mass is 16.5. The van der Waals surface area contributed by atoms with Crippen molar-refractivity contribution < 1.29 is 9.84 Å². The Morgan fingerprint density at radius 3 is 1.52 bits per heavy atom. The highest BCUT2D eigenvalue weighted by Crippen LogP contribution is 2.12. The zero-order valence-corrected chi connectivity index (χ0v) is 16.2. The Bertz CT molecular complexity index is 206. The molecule has 0 spiro atoms. The molecule has 0 rings (SSSR count). The average Bonchev–Trinajstić information content (AvgIpc) is 2.57. The molecular weight excluding hydrogens is 284 g/mol. The summed E-state index contributed by atoms with van der Waals surface area (Å²) in [5.41, 5.74) is 0. The van der Waals surface area contributed by atoms with Gasteiger partial charge >= 0.3 is 0 Å². The Morgan fingerprint density at radius 1 is 0.609 bits per heavy atom. The first-order chi connectivity index (χ1) is 11.3. The fourth-order valence-corrected chi connectivity index (χ4v) is 3.04. The van der Waals surface area contributed by atoms with E-state index in [1.54, 1.807) is 0 Å². The van der Waals surface area contributed by atoms with Crippen molar-refractivity contribution in [3.05, 3.63) is 0 Å².